The van der Waals surface area contributed by atoms with Gasteiger partial charge in [-0.25, -0.2) is 9.78 Å². The molecule has 3 heterocycles. The molecule has 2 aromatic rings. The number of amides is 4. The van der Waals surface area contributed by atoms with Crippen molar-refractivity contribution in [2.45, 2.75) is 31.6 Å². The van der Waals surface area contributed by atoms with E-state index in [1.165, 1.54) is 17.5 Å². The third-order valence-electron chi connectivity index (χ3n) is 6.12. The van der Waals surface area contributed by atoms with Crippen molar-refractivity contribution in [3.05, 3.63) is 34.3 Å². The van der Waals surface area contributed by atoms with E-state index in [1.807, 2.05) is 23.1 Å². The number of carbonyl (C=O) groups is 3. The molecule has 1 saturated heterocycles. The number of anilines is 2. The predicted octanol–water partition coefficient (Wildman–Crippen LogP) is 3.24. The van der Waals surface area contributed by atoms with Gasteiger partial charge in [-0.3, -0.25) is 19.8 Å². The molecule has 0 saturated carbocycles. The third kappa shape index (κ3) is 4.91. The molecule has 2 aliphatic rings. The van der Waals surface area contributed by atoms with Gasteiger partial charge in [-0.05, 0) is 36.6 Å². The van der Waals surface area contributed by atoms with Crippen LogP contribution in [0.5, 0.6) is 5.75 Å². The number of likely N-dealkylation sites (tertiary alicyclic amines) is 1. The maximum Gasteiger partial charge on any atom is 0.328 e. The first-order valence-corrected chi connectivity index (χ1v) is 11.9. The maximum atomic E-state index is 13.1. The van der Waals surface area contributed by atoms with Gasteiger partial charge in [0.1, 0.15) is 10.1 Å². The minimum atomic E-state index is -0.361. The lowest BCUT2D eigenvalue weighted by Crippen LogP contribution is -2.41. The Morgan fingerprint density at radius 1 is 1.30 bits per heavy atom. The van der Waals surface area contributed by atoms with Gasteiger partial charge in [0, 0.05) is 51.1 Å². The van der Waals surface area contributed by atoms with Crippen molar-refractivity contribution in [1.29, 1.82) is 0 Å². The van der Waals surface area contributed by atoms with Crippen LogP contribution in [0.15, 0.2) is 24.4 Å². The second kappa shape index (κ2) is 9.56. The van der Waals surface area contributed by atoms with Gasteiger partial charge < -0.3 is 15.0 Å². The smallest absolute Gasteiger partial charge is 0.328 e. The van der Waals surface area contributed by atoms with E-state index < -0.39 is 0 Å². The van der Waals surface area contributed by atoms with Gasteiger partial charge in [-0.2, -0.15) is 0 Å². The largest absolute Gasteiger partial charge is 0.494 e. The first-order chi connectivity index (χ1) is 15.8. The normalized spacial score (nSPS) is 19.0. The molecule has 1 unspecified atom stereocenters. The number of rotatable bonds is 6. The van der Waals surface area contributed by atoms with E-state index >= 15 is 0 Å². The Morgan fingerprint density at radius 3 is 2.79 bits per heavy atom. The summed E-state index contributed by atoms with van der Waals surface area (Å²) in [6.07, 6.45) is 3.25. The van der Waals surface area contributed by atoms with Crippen molar-refractivity contribution in [1.82, 2.24) is 15.2 Å². The van der Waals surface area contributed by atoms with Crippen molar-refractivity contribution in [2.75, 3.05) is 43.5 Å². The molecule has 176 valence electrons. The fraction of sp³-hybridized carbons (Fsp3) is 0.455. The van der Waals surface area contributed by atoms with Crippen LogP contribution in [0.2, 0.25) is 4.34 Å². The number of ether oxygens (including phenoxy) is 1. The highest BCUT2D eigenvalue weighted by molar-refractivity contribution is 7.19. The van der Waals surface area contributed by atoms with E-state index in [9.17, 15) is 14.4 Å². The van der Waals surface area contributed by atoms with Gasteiger partial charge >= 0.3 is 6.03 Å². The summed E-state index contributed by atoms with van der Waals surface area (Å²) in [4.78, 5) is 44.2. The van der Waals surface area contributed by atoms with Crippen LogP contribution in [-0.4, -0.2) is 61.0 Å². The van der Waals surface area contributed by atoms with Crippen LogP contribution >= 0.6 is 22.9 Å². The van der Waals surface area contributed by atoms with Gasteiger partial charge in [0.25, 0.3) is 0 Å². The molecule has 0 aliphatic carbocycles. The molecule has 1 aromatic carbocycles. The van der Waals surface area contributed by atoms with E-state index in [0.717, 1.165) is 17.7 Å². The fourth-order valence-corrected chi connectivity index (χ4v) is 5.23. The van der Waals surface area contributed by atoms with Crippen LogP contribution in [0.25, 0.3) is 0 Å². The number of nitrogens with zero attached hydrogens (tertiary/aromatic N) is 3. The Labute approximate surface area is 201 Å². The molecule has 11 heteroatoms. The number of hydrogen-bond acceptors (Lipinski definition) is 6. The number of halogens is 1. The Hall–Kier alpha value is -2.85. The molecule has 0 radical (unpaired) electrons. The molecule has 4 amide bonds. The molecule has 33 heavy (non-hydrogen) atoms. The lowest BCUT2D eigenvalue weighted by atomic mass is 9.81. The van der Waals surface area contributed by atoms with Crippen molar-refractivity contribution in [2.24, 2.45) is 0 Å². The van der Waals surface area contributed by atoms with Gasteiger partial charge in [-0.15, -0.1) is 0 Å². The van der Waals surface area contributed by atoms with Gasteiger partial charge in [0.05, 0.1) is 12.8 Å². The molecule has 2 N–H and O–H groups in total. The first kappa shape index (κ1) is 23.3. The molecule has 9 nitrogen and oxygen atoms in total. The Balaban J connectivity index is 1.56. The van der Waals surface area contributed by atoms with E-state index in [-0.39, 0.29) is 23.3 Å². The minimum Gasteiger partial charge on any atom is -0.494 e. The Bertz CT molecular complexity index is 1080. The van der Waals surface area contributed by atoms with E-state index in [4.69, 9.17) is 16.3 Å². The topological polar surface area (TPSA) is 104 Å². The molecule has 1 atom stereocenters. The summed E-state index contributed by atoms with van der Waals surface area (Å²) in [5.74, 6) is 0.681. The number of urea groups is 1. The SMILES string of the molecule is CNC(=O)CCCOc1ccc2c(c1)C1(CCN(C(C)=O)C1)CN2C(=O)Nc1ncc(Cl)s1. The Morgan fingerprint density at radius 2 is 2.12 bits per heavy atom. The van der Waals surface area contributed by atoms with Crippen molar-refractivity contribution < 1.29 is 19.1 Å². The summed E-state index contributed by atoms with van der Waals surface area (Å²) in [7, 11) is 1.61. The second-order valence-corrected chi connectivity index (χ2v) is 9.92. The maximum absolute atomic E-state index is 13.1. The summed E-state index contributed by atoms with van der Waals surface area (Å²) >= 11 is 7.14. The van der Waals surface area contributed by atoms with E-state index in [1.54, 1.807) is 18.9 Å². The molecule has 0 bridgehead atoms. The van der Waals surface area contributed by atoms with Crippen LogP contribution in [0.1, 0.15) is 31.7 Å². The zero-order valence-corrected chi connectivity index (χ0v) is 20.1. The number of nitrogens with one attached hydrogen (secondary N) is 2. The number of fused-ring (bicyclic) bond motifs is 2. The van der Waals surface area contributed by atoms with Crippen molar-refractivity contribution >= 4 is 51.6 Å². The van der Waals surface area contributed by atoms with Crippen molar-refractivity contribution in [3.8, 4) is 5.75 Å². The highest BCUT2D eigenvalue weighted by Gasteiger charge is 2.49. The van der Waals surface area contributed by atoms with Crippen LogP contribution in [0.3, 0.4) is 0 Å². The summed E-state index contributed by atoms with van der Waals surface area (Å²) in [5.41, 5.74) is 1.42. The molecule has 1 spiro atoms. The molecule has 2 aliphatic heterocycles. The average Bonchev–Trinajstić information content (AvgIpc) is 3.49. The van der Waals surface area contributed by atoms with Gasteiger partial charge in [0.2, 0.25) is 11.8 Å². The lowest BCUT2D eigenvalue weighted by Gasteiger charge is -2.25. The van der Waals surface area contributed by atoms with Crippen LogP contribution in [0.4, 0.5) is 15.6 Å². The minimum absolute atomic E-state index is 0.0232. The molecule has 4 rings (SSSR count). The number of aromatic nitrogens is 1. The fourth-order valence-electron chi connectivity index (χ4n) is 4.43. The zero-order valence-electron chi connectivity index (χ0n) is 18.5. The second-order valence-electron chi connectivity index (χ2n) is 8.26. The molecular formula is C22H26ClN5O4S. The van der Waals surface area contributed by atoms with Crippen LogP contribution < -0.4 is 20.3 Å². The van der Waals surface area contributed by atoms with E-state index in [0.29, 0.717) is 54.3 Å². The lowest BCUT2D eigenvalue weighted by molar-refractivity contribution is -0.128. The Kier molecular flexibility index (Phi) is 6.76. The van der Waals surface area contributed by atoms with Crippen LogP contribution in [0, 0.1) is 0 Å². The number of hydrogen-bond donors (Lipinski definition) is 2. The third-order valence-corrected chi connectivity index (χ3v) is 7.15. The predicted molar refractivity (Wildman–Crippen MR) is 127 cm³/mol. The standard InChI is InChI=1S/C22H26ClN5O4S/c1-14(29)27-8-7-22(12-27)13-28(21(31)26-20-25-11-18(23)33-20)17-6-5-15(10-16(17)22)32-9-3-4-19(30)24-2/h5-6,10-11H,3-4,7-9,12-13H2,1-2H3,(H,24,30)(H,25,26,31). The number of benzene rings is 1. The number of thiazole rings is 1. The summed E-state index contributed by atoms with van der Waals surface area (Å²) in [6, 6.07) is 5.38. The molecular weight excluding hydrogens is 466 g/mol. The molecule has 1 aromatic heterocycles. The average molecular weight is 492 g/mol. The first-order valence-electron chi connectivity index (χ1n) is 10.7. The van der Waals surface area contributed by atoms with Gasteiger partial charge in [0.15, 0.2) is 5.13 Å². The van der Waals surface area contributed by atoms with Crippen molar-refractivity contribution in [3.63, 3.8) is 0 Å². The highest BCUT2D eigenvalue weighted by Crippen LogP contribution is 2.48. The highest BCUT2D eigenvalue weighted by atomic mass is 35.5. The van der Waals surface area contributed by atoms with Gasteiger partial charge in [-0.1, -0.05) is 22.9 Å². The zero-order chi connectivity index (χ0) is 23.6. The summed E-state index contributed by atoms with van der Waals surface area (Å²) < 4.78 is 6.39. The van der Waals surface area contributed by atoms with E-state index in [2.05, 4.69) is 15.6 Å². The number of carbonyl (C=O) groups excluding carboxylic acids is 3. The summed E-state index contributed by atoms with van der Waals surface area (Å²) in [5, 5.41) is 5.85. The molecule has 1 fully saturated rings. The summed E-state index contributed by atoms with van der Waals surface area (Å²) in [6.45, 7) is 3.62. The quantitative estimate of drug-likeness (QED) is 0.604. The van der Waals surface area contributed by atoms with Crippen LogP contribution in [-0.2, 0) is 15.0 Å². The monoisotopic (exact) mass is 491 g/mol.